The van der Waals surface area contributed by atoms with Gasteiger partial charge in [-0.2, -0.15) is 0 Å². The van der Waals surface area contributed by atoms with Crippen LogP contribution in [0.25, 0.3) is 10.8 Å². The van der Waals surface area contributed by atoms with Gasteiger partial charge in [0.15, 0.2) is 11.6 Å². The summed E-state index contributed by atoms with van der Waals surface area (Å²) in [5, 5.41) is 0.0179. The third-order valence-electron chi connectivity index (χ3n) is 5.07. The van der Waals surface area contributed by atoms with E-state index in [2.05, 4.69) is 20.9 Å². The lowest BCUT2D eigenvalue weighted by Gasteiger charge is -2.34. The molecular formula is C20H13BrF4N2O3. The van der Waals surface area contributed by atoms with Crippen LogP contribution < -0.4 is 5.56 Å². The molecule has 1 aliphatic heterocycles. The van der Waals surface area contributed by atoms with E-state index in [1.165, 1.54) is 7.05 Å². The molecule has 0 unspecified atom stereocenters. The minimum Gasteiger partial charge on any atom is -0.373 e. The number of hydrogen-bond donors (Lipinski definition) is 1. The van der Waals surface area contributed by atoms with Crippen LogP contribution in [0.5, 0.6) is 0 Å². The van der Waals surface area contributed by atoms with Gasteiger partial charge in [0, 0.05) is 18.3 Å². The van der Waals surface area contributed by atoms with E-state index in [0.29, 0.717) is 5.56 Å². The van der Waals surface area contributed by atoms with Crippen molar-refractivity contribution in [2.75, 3.05) is 13.7 Å². The van der Waals surface area contributed by atoms with Crippen LogP contribution >= 0.6 is 15.9 Å². The zero-order chi connectivity index (χ0) is 21.7. The first kappa shape index (κ1) is 20.5. The standard InChI is InChI=1S/C20H13BrF4N2O3/c1-27(20(29)10-4-13(23)11(21)5-12(10)22)17-7-30-6-16-18(17)8-2-14(24)15(25)3-9(8)19(28)26-16/h2-5,17H,6-7H2,1H3,(H,26,28)/t17-/m0/s1. The molecule has 0 aliphatic carbocycles. The van der Waals surface area contributed by atoms with Crippen molar-refractivity contribution >= 4 is 32.6 Å². The molecule has 0 saturated heterocycles. The Hall–Kier alpha value is -2.72. The summed E-state index contributed by atoms with van der Waals surface area (Å²) in [5.74, 6) is -4.94. The number of amides is 1. The second-order valence-corrected chi connectivity index (χ2v) is 7.71. The normalized spacial score (nSPS) is 15.9. The molecule has 4 rings (SSSR count). The number of halogens is 5. The van der Waals surface area contributed by atoms with Gasteiger partial charge in [0.1, 0.15) is 11.6 Å². The number of carbonyl (C=O) groups is 1. The lowest BCUT2D eigenvalue weighted by Crippen LogP contribution is -2.38. The predicted octanol–water partition coefficient (Wildman–Crippen LogP) is 4.19. The Labute approximate surface area is 175 Å². The van der Waals surface area contributed by atoms with E-state index in [4.69, 9.17) is 4.74 Å². The van der Waals surface area contributed by atoms with Crippen LogP contribution in [0.15, 0.2) is 33.5 Å². The fraction of sp³-hybridized carbons (Fsp3) is 0.200. The summed E-state index contributed by atoms with van der Waals surface area (Å²) in [5.41, 5.74) is -0.501. The van der Waals surface area contributed by atoms with Gasteiger partial charge in [-0.1, -0.05) is 0 Å². The van der Waals surface area contributed by atoms with Crippen molar-refractivity contribution in [3.8, 4) is 0 Å². The van der Waals surface area contributed by atoms with Crippen LogP contribution in [-0.2, 0) is 11.3 Å². The first-order chi connectivity index (χ1) is 14.2. The Kier molecular flexibility index (Phi) is 5.15. The summed E-state index contributed by atoms with van der Waals surface area (Å²) in [6, 6.07) is 2.41. The molecule has 0 saturated carbocycles. The van der Waals surface area contributed by atoms with Crippen LogP contribution in [0.1, 0.15) is 27.7 Å². The third-order valence-corrected chi connectivity index (χ3v) is 5.68. The molecule has 1 aromatic heterocycles. The van der Waals surface area contributed by atoms with Gasteiger partial charge in [-0.05, 0) is 45.6 Å². The van der Waals surface area contributed by atoms with Crippen molar-refractivity contribution in [2.45, 2.75) is 12.6 Å². The number of nitrogens with zero attached hydrogens (tertiary/aromatic N) is 1. The van der Waals surface area contributed by atoms with Gasteiger partial charge in [-0.3, -0.25) is 9.59 Å². The Morgan fingerprint density at radius 1 is 1.07 bits per heavy atom. The molecule has 5 nitrogen and oxygen atoms in total. The molecule has 1 amide bonds. The molecule has 0 bridgehead atoms. The highest BCUT2D eigenvalue weighted by Gasteiger charge is 2.32. The predicted molar refractivity (Wildman–Crippen MR) is 103 cm³/mol. The summed E-state index contributed by atoms with van der Waals surface area (Å²) < 4.78 is 61.1. The van der Waals surface area contributed by atoms with Crippen molar-refractivity contribution in [3.05, 3.63) is 79.2 Å². The van der Waals surface area contributed by atoms with E-state index in [0.717, 1.165) is 29.2 Å². The molecular weight excluding hydrogens is 472 g/mol. The smallest absolute Gasteiger partial charge is 0.257 e. The largest absolute Gasteiger partial charge is 0.373 e. The maximum absolute atomic E-state index is 14.3. The van der Waals surface area contributed by atoms with Crippen molar-refractivity contribution in [2.24, 2.45) is 0 Å². The molecule has 2 aromatic carbocycles. The number of likely N-dealkylation sites (N-methyl/N-ethyl adjacent to an activating group) is 1. The molecule has 10 heteroatoms. The molecule has 0 spiro atoms. The number of H-pyrrole nitrogens is 1. The van der Waals surface area contributed by atoms with Gasteiger partial charge in [0.2, 0.25) is 0 Å². The van der Waals surface area contributed by atoms with E-state index >= 15 is 0 Å². The highest BCUT2D eigenvalue weighted by Crippen LogP contribution is 2.34. The summed E-state index contributed by atoms with van der Waals surface area (Å²) in [7, 11) is 1.35. The summed E-state index contributed by atoms with van der Waals surface area (Å²) in [6.07, 6.45) is 0. The average Bonchev–Trinajstić information content (AvgIpc) is 2.70. The number of pyridine rings is 1. The van der Waals surface area contributed by atoms with Gasteiger partial charge in [0.05, 0.1) is 34.7 Å². The van der Waals surface area contributed by atoms with Crippen molar-refractivity contribution < 1.29 is 27.1 Å². The molecule has 30 heavy (non-hydrogen) atoms. The SMILES string of the molecule is CN(C(=O)c1cc(F)c(Br)cc1F)[C@H]1COCc2[nH]c(=O)c3cc(F)c(F)cc3c21. The van der Waals surface area contributed by atoms with Gasteiger partial charge in [-0.25, -0.2) is 17.6 Å². The highest BCUT2D eigenvalue weighted by molar-refractivity contribution is 9.10. The van der Waals surface area contributed by atoms with Crippen molar-refractivity contribution in [1.82, 2.24) is 9.88 Å². The van der Waals surface area contributed by atoms with E-state index in [1.807, 2.05) is 0 Å². The maximum Gasteiger partial charge on any atom is 0.257 e. The molecule has 1 aliphatic rings. The Balaban J connectivity index is 1.86. The van der Waals surface area contributed by atoms with Crippen LogP contribution in [0.3, 0.4) is 0 Å². The van der Waals surface area contributed by atoms with Gasteiger partial charge in [0.25, 0.3) is 11.5 Å². The number of carbonyl (C=O) groups excluding carboxylic acids is 1. The van der Waals surface area contributed by atoms with Crippen LogP contribution in [0.2, 0.25) is 0 Å². The zero-order valence-electron chi connectivity index (χ0n) is 15.4. The first-order valence-corrected chi connectivity index (χ1v) is 9.51. The van der Waals surface area contributed by atoms with Crippen molar-refractivity contribution in [3.63, 3.8) is 0 Å². The van der Waals surface area contributed by atoms with Gasteiger partial charge >= 0.3 is 0 Å². The fourth-order valence-electron chi connectivity index (χ4n) is 3.57. The highest BCUT2D eigenvalue weighted by atomic mass is 79.9. The number of rotatable bonds is 2. The number of aromatic amines is 1. The lowest BCUT2D eigenvalue weighted by atomic mass is 9.95. The Bertz CT molecular complexity index is 1260. The second-order valence-electron chi connectivity index (χ2n) is 6.85. The first-order valence-electron chi connectivity index (χ1n) is 8.72. The van der Waals surface area contributed by atoms with E-state index in [9.17, 15) is 27.2 Å². The number of benzene rings is 2. The molecule has 0 fully saturated rings. The minimum atomic E-state index is -1.19. The number of ether oxygens (including phenoxy) is 1. The van der Waals surface area contributed by atoms with E-state index in [1.54, 1.807) is 0 Å². The van der Waals surface area contributed by atoms with Gasteiger partial charge in [-0.15, -0.1) is 0 Å². The molecule has 156 valence electrons. The van der Waals surface area contributed by atoms with E-state index in [-0.39, 0.29) is 34.2 Å². The second kappa shape index (κ2) is 7.51. The molecule has 1 N–H and O–H groups in total. The van der Waals surface area contributed by atoms with E-state index < -0.39 is 46.3 Å². The third kappa shape index (κ3) is 3.29. The van der Waals surface area contributed by atoms with Crippen LogP contribution in [0.4, 0.5) is 17.6 Å². The lowest BCUT2D eigenvalue weighted by molar-refractivity contribution is 0.0333. The Morgan fingerprint density at radius 2 is 1.73 bits per heavy atom. The molecule has 0 radical (unpaired) electrons. The Morgan fingerprint density at radius 3 is 2.43 bits per heavy atom. The number of hydrogen-bond acceptors (Lipinski definition) is 3. The van der Waals surface area contributed by atoms with Crippen molar-refractivity contribution in [1.29, 1.82) is 0 Å². The average molecular weight is 485 g/mol. The van der Waals surface area contributed by atoms with Crippen LogP contribution in [-0.4, -0.2) is 29.4 Å². The quantitative estimate of drug-likeness (QED) is 0.438. The number of fused-ring (bicyclic) bond motifs is 3. The summed E-state index contributed by atoms with van der Waals surface area (Å²) in [6.45, 7) is -0.0602. The molecule has 3 aromatic rings. The van der Waals surface area contributed by atoms with Crippen LogP contribution in [0, 0.1) is 23.3 Å². The fourth-order valence-corrected chi connectivity index (χ4v) is 3.88. The van der Waals surface area contributed by atoms with Gasteiger partial charge < -0.3 is 14.6 Å². The summed E-state index contributed by atoms with van der Waals surface area (Å²) in [4.78, 5) is 28.9. The monoisotopic (exact) mass is 484 g/mol. The molecule has 2 heterocycles. The number of nitrogens with one attached hydrogen (secondary N) is 1. The maximum atomic E-state index is 14.3. The minimum absolute atomic E-state index is 0.0146. The number of aromatic nitrogens is 1. The topological polar surface area (TPSA) is 62.4 Å². The summed E-state index contributed by atoms with van der Waals surface area (Å²) >= 11 is 2.85. The zero-order valence-corrected chi connectivity index (χ0v) is 16.9. The molecule has 1 atom stereocenters.